The van der Waals surface area contributed by atoms with Crippen molar-refractivity contribution in [3.05, 3.63) is 79.7 Å². The number of carbonyl (C=O) groups excluding carboxylic acids is 3. The van der Waals surface area contributed by atoms with E-state index in [4.69, 9.17) is 11.6 Å². The molecule has 0 saturated heterocycles. The third-order valence-electron chi connectivity index (χ3n) is 4.33. The second-order valence-corrected chi connectivity index (χ2v) is 8.73. The van der Waals surface area contributed by atoms with E-state index in [9.17, 15) is 14.4 Å². The fourth-order valence-corrected chi connectivity index (χ4v) is 4.00. The Labute approximate surface area is 210 Å². The number of rotatable bonds is 6. The molecule has 9 nitrogen and oxygen atoms in total. The lowest BCUT2D eigenvalue weighted by atomic mass is 10.1. The molecule has 0 aliphatic carbocycles. The molecule has 2 heterocycles. The van der Waals surface area contributed by atoms with Crippen LogP contribution < -0.4 is 10.6 Å². The Morgan fingerprint density at radius 2 is 1.91 bits per heavy atom. The SMILES string of the molecule is C=C(NC(=O)c1cc(Br)cc(C)c1NC(=O)c1cc(Br)nn1-c1ncccc1Cl)C(=O)OC. The van der Waals surface area contributed by atoms with Gasteiger partial charge in [0.1, 0.15) is 16.0 Å². The van der Waals surface area contributed by atoms with E-state index < -0.39 is 17.8 Å². The lowest BCUT2D eigenvalue weighted by Crippen LogP contribution is -2.29. The first-order valence-corrected chi connectivity index (χ1v) is 11.1. The predicted octanol–water partition coefficient (Wildman–Crippen LogP) is 4.42. The van der Waals surface area contributed by atoms with E-state index in [0.29, 0.717) is 19.7 Å². The van der Waals surface area contributed by atoms with Crippen molar-refractivity contribution in [2.45, 2.75) is 6.92 Å². The normalized spacial score (nSPS) is 10.5. The van der Waals surface area contributed by atoms with Gasteiger partial charge in [-0.05, 0) is 52.7 Å². The molecule has 0 saturated carbocycles. The maximum atomic E-state index is 13.2. The summed E-state index contributed by atoms with van der Waals surface area (Å²) in [5, 5.41) is 9.65. The lowest BCUT2D eigenvalue weighted by Gasteiger charge is -2.15. The molecule has 0 aliphatic heterocycles. The number of anilines is 1. The summed E-state index contributed by atoms with van der Waals surface area (Å²) in [5.74, 6) is -1.76. The summed E-state index contributed by atoms with van der Waals surface area (Å²) in [5.41, 5.74) is 0.794. The van der Waals surface area contributed by atoms with Crippen LogP contribution in [0.3, 0.4) is 0 Å². The minimum absolute atomic E-state index is 0.0984. The number of aryl methyl sites for hydroxylation is 1. The Bertz CT molecular complexity index is 1290. The minimum Gasteiger partial charge on any atom is -0.464 e. The van der Waals surface area contributed by atoms with Crippen LogP contribution in [0.25, 0.3) is 5.82 Å². The number of amides is 2. The average Bonchev–Trinajstić information content (AvgIpc) is 3.16. The van der Waals surface area contributed by atoms with Gasteiger partial charge in [0.15, 0.2) is 5.82 Å². The van der Waals surface area contributed by atoms with Crippen LogP contribution in [0.1, 0.15) is 26.4 Å². The van der Waals surface area contributed by atoms with Gasteiger partial charge in [-0.25, -0.2) is 14.5 Å². The fourth-order valence-electron chi connectivity index (χ4n) is 2.85. The number of nitrogens with one attached hydrogen (secondary N) is 2. The van der Waals surface area contributed by atoms with Gasteiger partial charge in [-0.2, -0.15) is 5.10 Å². The highest BCUT2D eigenvalue weighted by atomic mass is 79.9. The third-order valence-corrected chi connectivity index (χ3v) is 5.47. The van der Waals surface area contributed by atoms with Crippen LogP contribution in [-0.4, -0.2) is 39.7 Å². The number of hydrogen-bond donors (Lipinski definition) is 2. The van der Waals surface area contributed by atoms with E-state index >= 15 is 0 Å². The van der Waals surface area contributed by atoms with Gasteiger partial charge in [0, 0.05) is 16.7 Å². The first-order valence-electron chi connectivity index (χ1n) is 9.19. The zero-order chi connectivity index (χ0) is 24.3. The second-order valence-electron chi connectivity index (χ2n) is 6.60. The predicted molar refractivity (Wildman–Crippen MR) is 130 cm³/mol. The Balaban J connectivity index is 1.99. The van der Waals surface area contributed by atoms with Crippen LogP contribution in [0.4, 0.5) is 5.69 Å². The fraction of sp³-hybridized carbons (Fsp3) is 0.0952. The highest BCUT2D eigenvalue weighted by Gasteiger charge is 2.23. The monoisotopic (exact) mass is 595 g/mol. The molecule has 0 unspecified atom stereocenters. The number of hydrogen-bond acceptors (Lipinski definition) is 6. The van der Waals surface area contributed by atoms with Crippen molar-refractivity contribution in [1.29, 1.82) is 0 Å². The third kappa shape index (κ3) is 5.49. The summed E-state index contributed by atoms with van der Waals surface area (Å²) in [7, 11) is 1.17. The quantitative estimate of drug-likeness (QED) is 0.321. The molecule has 0 bridgehead atoms. The second kappa shape index (κ2) is 10.3. The number of pyridine rings is 1. The van der Waals surface area contributed by atoms with E-state index in [1.165, 1.54) is 30.1 Å². The summed E-state index contributed by atoms with van der Waals surface area (Å²) in [6.07, 6.45) is 1.52. The average molecular weight is 598 g/mol. The van der Waals surface area contributed by atoms with E-state index in [0.717, 1.165) is 0 Å². The van der Waals surface area contributed by atoms with Crippen LogP contribution in [0.2, 0.25) is 5.02 Å². The maximum absolute atomic E-state index is 13.2. The smallest absolute Gasteiger partial charge is 0.353 e. The zero-order valence-electron chi connectivity index (χ0n) is 17.3. The molecule has 2 amide bonds. The number of halogens is 3. The molecule has 1 aromatic carbocycles. The maximum Gasteiger partial charge on any atom is 0.353 e. The Morgan fingerprint density at radius 3 is 2.58 bits per heavy atom. The summed E-state index contributed by atoms with van der Waals surface area (Å²) < 4.78 is 6.82. The van der Waals surface area contributed by atoms with Crippen molar-refractivity contribution in [3.63, 3.8) is 0 Å². The number of carbonyl (C=O) groups is 3. The largest absolute Gasteiger partial charge is 0.464 e. The Hall–Kier alpha value is -3.02. The summed E-state index contributed by atoms with van der Waals surface area (Å²) in [6.45, 7) is 5.21. The van der Waals surface area contributed by atoms with E-state index in [1.54, 1.807) is 25.1 Å². The van der Waals surface area contributed by atoms with Crippen molar-refractivity contribution < 1.29 is 19.1 Å². The number of aromatic nitrogens is 3. The van der Waals surface area contributed by atoms with Crippen LogP contribution in [0.5, 0.6) is 0 Å². The number of esters is 1. The van der Waals surface area contributed by atoms with Gasteiger partial charge in [-0.3, -0.25) is 9.59 Å². The molecule has 0 atom stereocenters. The van der Waals surface area contributed by atoms with Crippen LogP contribution in [-0.2, 0) is 9.53 Å². The van der Waals surface area contributed by atoms with Gasteiger partial charge in [0.05, 0.1) is 23.4 Å². The van der Waals surface area contributed by atoms with Gasteiger partial charge in [-0.1, -0.05) is 34.1 Å². The molecule has 2 aromatic heterocycles. The molecule has 0 fully saturated rings. The van der Waals surface area contributed by atoms with Crippen molar-refractivity contribution >= 4 is 66.9 Å². The molecule has 0 radical (unpaired) electrons. The molecular formula is C21H16Br2ClN5O4. The molecule has 3 aromatic rings. The van der Waals surface area contributed by atoms with Crippen LogP contribution >= 0.6 is 43.5 Å². The van der Waals surface area contributed by atoms with Gasteiger partial charge in [0.25, 0.3) is 11.8 Å². The molecule has 2 N–H and O–H groups in total. The molecule has 170 valence electrons. The van der Waals surface area contributed by atoms with E-state index in [-0.39, 0.29) is 28.5 Å². The highest BCUT2D eigenvalue weighted by molar-refractivity contribution is 9.10. The van der Waals surface area contributed by atoms with Gasteiger partial charge in [-0.15, -0.1) is 0 Å². The molecule has 0 spiro atoms. The van der Waals surface area contributed by atoms with Gasteiger partial charge < -0.3 is 15.4 Å². The van der Waals surface area contributed by atoms with Crippen molar-refractivity contribution in [1.82, 2.24) is 20.1 Å². The molecular weight excluding hydrogens is 582 g/mol. The zero-order valence-corrected chi connectivity index (χ0v) is 21.2. The summed E-state index contributed by atoms with van der Waals surface area (Å²) in [6, 6.07) is 8.00. The molecule has 12 heteroatoms. The number of nitrogens with zero attached hydrogens (tertiary/aromatic N) is 3. The summed E-state index contributed by atoms with van der Waals surface area (Å²) in [4.78, 5) is 41.9. The van der Waals surface area contributed by atoms with Crippen molar-refractivity contribution in [2.75, 3.05) is 12.4 Å². The first-order chi connectivity index (χ1) is 15.6. The van der Waals surface area contributed by atoms with E-state index in [1.807, 2.05) is 0 Å². The summed E-state index contributed by atoms with van der Waals surface area (Å²) >= 11 is 12.8. The highest BCUT2D eigenvalue weighted by Crippen LogP contribution is 2.28. The number of benzene rings is 1. The van der Waals surface area contributed by atoms with E-state index in [2.05, 4.69) is 63.9 Å². The number of methoxy groups -OCH3 is 1. The van der Waals surface area contributed by atoms with Crippen LogP contribution in [0.15, 0.2) is 57.9 Å². The number of ether oxygens (including phenoxy) is 1. The molecule has 0 aliphatic rings. The van der Waals surface area contributed by atoms with Gasteiger partial charge in [0.2, 0.25) is 0 Å². The topological polar surface area (TPSA) is 115 Å². The van der Waals surface area contributed by atoms with Gasteiger partial charge >= 0.3 is 5.97 Å². The standard InChI is InChI=1S/C21H16Br2ClN5O4/c1-10-7-12(22)8-13(19(30)26-11(2)21(32)33-3)17(10)27-20(31)15-9-16(23)28-29(15)18-14(24)5-4-6-25-18/h4-9H,2H2,1,3H3,(H,26,30)(H,27,31). The molecule has 3 rings (SSSR count). The van der Waals surface area contributed by atoms with Crippen molar-refractivity contribution in [2.24, 2.45) is 0 Å². The molecule has 33 heavy (non-hydrogen) atoms. The Kier molecular flexibility index (Phi) is 7.67. The van der Waals surface area contributed by atoms with Crippen molar-refractivity contribution in [3.8, 4) is 5.82 Å². The first kappa shape index (κ1) is 24.6. The minimum atomic E-state index is -0.790. The Morgan fingerprint density at radius 1 is 1.18 bits per heavy atom. The van der Waals surface area contributed by atoms with Crippen LogP contribution in [0, 0.1) is 6.92 Å². The lowest BCUT2D eigenvalue weighted by molar-refractivity contribution is -0.136.